The molecule has 0 spiro atoms. The summed E-state index contributed by atoms with van der Waals surface area (Å²) in [7, 11) is 5.22. The van der Waals surface area contributed by atoms with E-state index in [1.165, 1.54) is 24.6 Å². The van der Waals surface area contributed by atoms with Crippen LogP contribution in [-0.4, -0.2) is 42.4 Å². The largest absolute Gasteiger partial charge is 0.465 e. The van der Waals surface area contributed by atoms with Gasteiger partial charge < -0.3 is 9.64 Å². The number of aromatic nitrogens is 3. The molecular formula is C12H14N4O2S2. The number of pyridine rings is 1. The van der Waals surface area contributed by atoms with Gasteiger partial charge in [-0.05, 0) is 12.1 Å². The van der Waals surface area contributed by atoms with Crippen LogP contribution in [0, 0.1) is 0 Å². The molecule has 2 aromatic rings. The first-order valence-corrected chi connectivity index (χ1v) is 7.57. The van der Waals surface area contributed by atoms with E-state index in [-0.39, 0.29) is 5.97 Å². The summed E-state index contributed by atoms with van der Waals surface area (Å²) in [6.45, 7) is 0. The van der Waals surface area contributed by atoms with Crippen molar-refractivity contribution in [3.63, 3.8) is 0 Å². The zero-order valence-corrected chi connectivity index (χ0v) is 13.0. The Bertz CT molecular complexity index is 583. The first-order chi connectivity index (χ1) is 9.60. The molecule has 6 nitrogen and oxygen atoms in total. The van der Waals surface area contributed by atoms with Crippen LogP contribution in [0.3, 0.4) is 0 Å². The first-order valence-electron chi connectivity index (χ1n) is 5.77. The van der Waals surface area contributed by atoms with Crippen LogP contribution in [0.1, 0.15) is 16.1 Å². The van der Waals surface area contributed by atoms with Gasteiger partial charge in [-0.25, -0.2) is 4.79 Å². The minimum atomic E-state index is -0.378. The average Bonchev–Trinajstić information content (AvgIpc) is 2.94. The van der Waals surface area contributed by atoms with Crippen LogP contribution < -0.4 is 4.90 Å². The SMILES string of the molecule is COC(=O)c1ccc(CSc2nnc(N(C)C)s2)nc1. The normalized spacial score (nSPS) is 10.3. The van der Waals surface area contributed by atoms with Crippen LogP contribution in [0.2, 0.25) is 0 Å². The number of esters is 1. The van der Waals surface area contributed by atoms with Gasteiger partial charge in [-0.3, -0.25) is 4.98 Å². The van der Waals surface area contributed by atoms with Crippen LogP contribution in [-0.2, 0) is 10.5 Å². The van der Waals surface area contributed by atoms with Crippen molar-refractivity contribution >= 4 is 34.2 Å². The van der Waals surface area contributed by atoms with E-state index >= 15 is 0 Å². The van der Waals surface area contributed by atoms with E-state index in [9.17, 15) is 4.79 Å². The van der Waals surface area contributed by atoms with Crippen LogP contribution in [0.25, 0.3) is 0 Å². The summed E-state index contributed by atoms with van der Waals surface area (Å²) >= 11 is 3.11. The van der Waals surface area contributed by atoms with Crippen molar-refractivity contribution in [2.45, 2.75) is 10.1 Å². The maximum atomic E-state index is 11.3. The first kappa shape index (κ1) is 14.7. The molecule has 2 heterocycles. The molecule has 0 amide bonds. The molecule has 0 fully saturated rings. The zero-order chi connectivity index (χ0) is 14.5. The smallest absolute Gasteiger partial charge is 0.339 e. The second kappa shape index (κ2) is 6.67. The molecule has 0 unspecified atom stereocenters. The fraction of sp³-hybridized carbons (Fsp3) is 0.333. The number of hydrogen-bond donors (Lipinski definition) is 0. The predicted molar refractivity (Wildman–Crippen MR) is 79.4 cm³/mol. The third-order valence-corrected chi connectivity index (χ3v) is 4.63. The van der Waals surface area contributed by atoms with E-state index in [0.717, 1.165) is 15.2 Å². The summed E-state index contributed by atoms with van der Waals surface area (Å²) in [5.74, 6) is 0.306. The number of rotatable bonds is 5. The van der Waals surface area contributed by atoms with Gasteiger partial charge in [0.05, 0.1) is 18.4 Å². The molecule has 0 aliphatic heterocycles. The molecular weight excluding hydrogens is 296 g/mol. The van der Waals surface area contributed by atoms with E-state index < -0.39 is 0 Å². The van der Waals surface area contributed by atoms with Crippen LogP contribution in [0.5, 0.6) is 0 Å². The number of hydrogen-bond acceptors (Lipinski definition) is 8. The van der Waals surface area contributed by atoms with E-state index in [0.29, 0.717) is 11.3 Å². The number of carbonyl (C=O) groups excluding carboxylic acids is 1. The van der Waals surface area contributed by atoms with Crippen LogP contribution in [0.15, 0.2) is 22.7 Å². The van der Waals surface area contributed by atoms with Gasteiger partial charge in [0.1, 0.15) is 0 Å². The lowest BCUT2D eigenvalue weighted by molar-refractivity contribution is 0.0600. The van der Waals surface area contributed by atoms with E-state index in [1.54, 1.807) is 17.8 Å². The number of ether oxygens (including phenoxy) is 1. The summed E-state index contributed by atoms with van der Waals surface area (Å²) in [6.07, 6.45) is 1.52. The van der Waals surface area contributed by atoms with E-state index in [2.05, 4.69) is 19.9 Å². The Morgan fingerprint density at radius 1 is 1.40 bits per heavy atom. The van der Waals surface area contributed by atoms with Gasteiger partial charge >= 0.3 is 5.97 Å². The van der Waals surface area contributed by atoms with E-state index in [4.69, 9.17) is 0 Å². The Kier molecular flexibility index (Phi) is 4.91. The minimum Gasteiger partial charge on any atom is -0.465 e. The van der Waals surface area contributed by atoms with Crippen LogP contribution >= 0.6 is 23.1 Å². The lowest BCUT2D eigenvalue weighted by Gasteiger charge is -2.03. The molecule has 0 saturated heterocycles. The number of carbonyl (C=O) groups is 1. The van der Waals surface area contributed by atoms with Gasteiger partial charge in [0, 0.05) is 26.0 Å². The summed E-state index contributed by atoms with van der Waals surface area (Å²) in [5, 5.41) is 9.04. The lowest BCUT2D eigenvalue weighted by Crippen LogP contribution is -2.07. The second-order valence-corrected chi connectivity index (χ2v) is 6.24. The Labute approximate surface area is 125 Å². The summed E-state index contributed by atoms with van der Waals surface area (Å²) in [5.41, 5.74) is 1.33. The van der Waals surface area contributed by atoms with Crippen molar-refractivity contribution in [3.05, 3.63) is 29.6 Å². The molecule has 8 heteroatoms. The van der Waals surface area contributed by atoms with Crippen molar-refractivity contribution in [2.75, 3.05) is 26.1 Å². The van der Waals surface area contributed by atoms with Gasteiger partial charge in [-0.15, -0.1) is 10.2 Å². The molecule has 0 N–H and O–H groups in total. The number of anilines is 1. The lowest BCUT2D eigenvalue weighted by atomic mass is 10.2. The van der Waals surface area contributed by atoms with Gasteiger partial charge in [0.25, 0.3) is 0 Å². The zero-order valence-electron chi connectivity index (χ0n) is 11.4. The third-order valence-electron chi connectivity index (χ3n) is 2.37. The van der Waals surface area contributed by atoms with Crippen molar-refractivity contribution < 1.29 is 9.53 Å². The molecule has 0 bridgehead atoms. The Morgan fingerprint density at radius 2 is 2.20 bits per heavy atom. The highest BCUT2D eigenvalue weighted by Crippen LogP contribution is 2.28. The number of thioether (sulfide) groups is 1. The number of methoxy groups -OCH3 is 1. The highest BCUT2D eigenvalue weighted by molar-refractivity contribution is 8.00. The summed E-state index contributed by atoms with van der Waals surface area (Å²) in [4.78, 5) is 17.4. The molecule has 106 valence electrons. The Hall–Kier alpha value is -1.67. The highest BCUT2D eigenvalue weighted by atomic mass is 32.2. The Balaban J connectivity index is 1.95. The van der Waals surface area contributed by atoms with Crippen molar-refractivity contribution in [1.29, 1.82) is 0 Å². The van der Waals surface area contributed by atoms with Crippen molar-refractivity contribution in [2.24, 2.45) is 0 Å². The summed E-state index contributed by atoms with van der Waals surface area (Å²) < 4.78 is 5.52. The maximum Gasteiger partial charge on any atom is 0.339 e. The molecule has 0 radical (unpaired) electrons. The molecule has 20 heavy (non-hydrogen) atoms. The molecule has 2 rings (SSSR count). The maximum absolute atomic E-state index is 11.3. The second-order valence-electron chi connectivity index (χ2n) is 4.06. The van der Waals surface area contributed by atoms with Crippen molar-refractivity contribution in [1.82, 2.24) is 15.2 Å². The molecule has 0 atom stereocenters. The van der Waals surface area contributed by atoms with Gasteiger partial charge in [0.2, 0.25) is 5.13 Å². The van der Waals surface area contributed by atoms with E-state index in [1.807, 2.05) is 25.1 Å². The fourth-order valence-electron chi connectivity index (χ4n) is 1.33. The monoisotopic (exact) mass is 310 g/mol. The van der Waals surface area contributed by atoms with Gasteiger partial charge in [-0.2, -0.15) is 0 Å². The molecule has 0 aliphatic rings. The van der Waals surface area contributed by atoms with Gasteiger partial charge in [0.15, 0.2) is 4.34 Å². The Morgan fingerprint density at radius 3 is 2.75 bits per heavy atom. The van der Waals surface area contributed by atoms with Crippen LogP contribution in [0.4, 0.5) is 5.13 Å². The van der Waals surface area contributed by atoms with Crippen molar-refractivity contribution in [3.8, 4) is 0 Å². The highest BCUT2D eigenvalue weighted by Gasteiger charge is 2.08. The molecule has 0 aromatic carbocycles. The summed E-state index contributed by atoms with van der Waals surface area (Å²) in [6, 6.07) is 3.52. The third kappa shape index (κ3) is 3.67. The minimum absolute atomic E-state index is 0.378. The molecule has 0 aliphatic carbocycles. The number of nitrogens with zero attached hydrogens (tertiary/aromatic N) is 4. The fourth-order valence-corrected chi connectivity index (χ4v) is 3.00. The quantitative estimate of drug-likeness (QED) is 0.618. The molecule has 0 saturated carbocycles. The standard InChI is InChI=1S/C12H14N4O2S2/c1-16(2)11-14-15-12(20-11)19-7-9-5-4-8(6-13-9)10(17)18-3/h4-6H,7H2,1-3H3. The molecule has 2 aromatic heterocycles. The van der Waals surface area contributed by atoms with Gasteiger partial charge in [-0.1, -0.05) is 23.1 Å². The predicted octanol–water partition coefficient (Wildman–Crippen LogP) is 2.08. The average molecular weight is 310 g/mol. The topological polar surface area (TPSA) is 68.2 Å².